The summed E-state index contributed by atoms with van der Waals surface area (Å²) in [5, 5.41) is 9.75. The van der Waals surface area contributed by atoms with Crippen LogP contribution >= 0.6 is 11.6 Å². The summed E-state index contributed by atoms with van der Waals surface area (Å²) >= 11 is 6.21. The summed E-state index contributed by atoms with van der Waals surface area (Å²) in [5.41, 5.74) is 6.93. The molecule has 1 aromatic rings. The lowest BCUT2D eigenvalue weighted by Gasteiger charge is -2.31. The van der Waals surface area contributed by atoms with E-state index in [1.807, 2.05) is 0 Å². The number of rotatable bonds is 2. The summed E-state index contributed by atoms with van der Waals surface area (Å²) in [4.78, 5) is 13.5. The molecule has 0 aromatic heterocycles. The molecule has 1 aliphatic carbocycles. The fourth-order valence-electron chi connectivity index (χ4n) is 3.27. The lowest BCUT2D eigenvalue weighted by atomic mass is 10.1. The van der Waals surface area contributed by atoms with Gasteiger partial charge in [-0.2, -0.15) is 0 Å². The molecule has 0 amide bonds. The van der Waals surface area contributed by atoms with Gasteiger partial charge in [0.25, 0.3) is 0 Å². The minimum atomic E-state index is -0.970. The van der Waals surface area contributed by atoms with Gasteiger partial charge < -0.3 is 15.7 Å². The third-order valence-corrected chi connectivity index (χ3v) is 4.30. The molecule has 4 nitrogen and oxygen atoms in total. The van der Waals surface area contributed by atoms with Crippen molar-refractivity contribution >= 4 is 28.9 Å². The zero-order chi connectivity index (χ0) is 12.9. The van der Waals surface area contributed by atoms with E-state index in [-0.39, 0.29) is 5.56 Å². The molecule has 18 heavy (non-hydrogen) atoms. The molecule has 2 fully saturated rings. The monoisotopic (exact) mass is 266 g/mol. The van der Waals surface area contributed by atoms with E-state index in [1.54, 1.807) is 6.07 Å². The average Bonchev–Trinajstić information content (AvgIpc) is 2.89. The Balaban J connectivity index is 2.08. The molecular weight excluding hydrogens is 252 g/mol. The number of aromatic carboxylic acids is 1. The molecule has 1 heterocycles. The largest absolute Gasteiger partial charge is 0.478 e. The Morgan fingerprint density at radius 1 is 1.44 bits per heavy atom. The Labute approximate surface area is 110 Å². The standard InChI is InChI=1S/C13H15ClN2O2/c14-11-5-8(15)4-10(13(17)18)12(11)16-6-7-1-2-9(16)3-7/h4-5,7,9H,1-3,6,15H2,(H,17,18). The molecule has 0 radical (unpaired) electrons. The van der Waals surface area contributed by atoms with Crippen LogP contribution in [0.25, 0.3) is 0 Å². The number of nitrogen functional groups attached to an aromatic ring is 1. The van der Waals surface area contributed by atoms with Crippen LogP contribution in [0.2, 0.25) is 5.02 Å². The predicted octanol–water partition coefficient (Wildman–Crippen LogP) is 2.61. The van der Waals surface area contributed by atoms with E-state index in [2.05, 4.69) is 4.90 Å². The van der Waals surface area contributed by atoms with Gasteiger partial charge in [0.05, 0.1) is 16.3 Å². The lowest BCUT2D eigenvalue weighted by molar-refractivity contribution is 0.0697. The highest BCUT2D eigenvalue weighted by Crippen LogP contribution is 2.44. The molecule has 1 aliphatic heterocycles. The van der Waals surface area contributed by atoms with Gasteiger partial charge in [0, 0.05) is 18.3 Å². The Bertz CT molecular complexity index is 518. The fourth-order valence-corrected chi connectivity index (χ4v) is 3.61. The molecular formula is C13H15ClN2O2. The molecule has 2 atom stereocenters. The zero-order valence-corrected chi connectivity index (χ0v) is 10.7. The van der Waals surface area contributed by atoms with Crippen molar-refractivity contribution in [1.82, 2.24) is 0 Å². The zero-order valence-electron chi connectivity index (χ0n) is 9.90. The first-order valence-electron chi connectivity index (χ1n) is 6.15. The van der Waals surface area contributed by atoms with Crippen molar-refractivity contribution in [2.75, 3.05) is 17.2 Å². The van der Waals surface area contributed by atoms with Crippen molar-refractivity contribution in [2.24, 2.45) is 5.92 Å². The van der Waals surface area contributed by atoms with Crippen molar-refractivity contribution in [3.05, 3.63) is 22.7 Å². The normalized spacial score (nSPS) is 25.7. The maximum atomic E-state index is 11.3. The van der Waals surface area contributed by atoms with Gasteiger partial charge >= 0.3 is 5.97 Å². The second kappa shape index (κ2) is 4.05. The van der Waals surface area contributed by atoms with Gasteiger partial charge in [-0.15, -0.1) is 0 Å². The number of halogens is 1. The molecule has 1 saturated carbocycles. The molecule has 2 aliphatic rings. The van der Waals surface area contributed by atoms with E-state index in [1.165, 1.54) is 12.5 Å². The number of carbonyl (C=O) groups is 1. The third-order valence-electron chi connectivity index (χ3n) is 4.01. The highest BCUT2D eigenvalue weighted by Gasteiger charge is 2.39. The molecule has 1 aromatic carbocycles. The van der Waals surface area contributed by atoms with Gasteiger partial charge in [0.1, 0.15) is 0 Å². The van der Waals surface area contributed by atoms with Gasteiger partial charge in [-0.3, -0.25) is 0 Å². The minimum Gasteiger partial charge on any atom is -0.478 e. The number of carboxylic acid groups (broad SMARTS) is 1. The van der Waals surface area contributed by atoms with Crippen LogP contribution in [0, 0.1) is 5.92 Å². The first-order chi connectivity index (χ1) is 8.56. The Morgan fingerprint density at radius 2 is 2.22 bits per heavy atom. The number of fused-ring (bicyclic) bond motifs is 2. The van der Waals surface area contributed by atoms with Crippen LogP contribution < -0.4 is 10.6 Å². The number of piperidine rings is 1. The van der Waals surface area contributed by atoms with Crippen molar-refractivity contribution in [3.8, 4) is 0 Å². The fraction of sp³-hybridized carbons (Fsp3) is 0.462. The van der Waals surface area contributed by atoms with Crippen LogP contribution in [0.15, 0.2) is 12.1 Å². The quantitative estimate of drug-likeness (QED) is 0.808. The molecule has 3 N–H and O–H groups in total. The maximum Gasteiger partial charge on any atom is 0.337 e. The van der Waals surface area contributed by atoms with Gasteiger partial charge in [-0.25, -0.2) is 4.79 Å². The minimum absolute atomic E-state index is 0.215. The highest BCUT2D eigenvalue weighted by molar-refractivity contribution is 6.34. The first kappa shape index (κ1) is 11.7. The highest BCUT2D eigenvalue weighted by atomic mass is 35.5. The van der Waals surface area contributed by atoms with Crippen LogP contribution in [0.4, 0.5) is 11.4 Å². The number of hydrogen-bond donors (Lipinski definition) is 2. The van der Waals surface area contributed by atoms with Crippen LogP contribution in [-0.4, -0.2) is 23.7 Å². The van der Waals surface area contributed by atoms with Crippen LogP contribution in [0.3, 0.4) is 0 Å². The predicted molar refractivity (Wildman–Crippen MR) is 71.3 cm³/mol. The van der Waals surface area contributed by atoms with Crippen molar-refractivity contribution in [2.45, 2.75) is 25.3 Å². The maximum absolute atomic E-state index is 11.3. The van der Waals surface area contributed by atoms with E-state index in [4.69, 9.17) is 17.3 Å². The summed E-state index contributed by atoms with van der Waals surface area (Å²) in [6.45, 7) is 0.911. The van der Waals surface area contributed by atoms with E-state index >= 15 is 0 Å². The number of carboxylic acids is 1. The number of nitrogens with two attached hydrogens (primary N) is 1. The number of benzene rings is 1. The van der Waals surface area contributed by atoms with Crippen LogP contribution in [0.5, 0.6) is 0 Å². The molecule has 0 spiro atoms. The Kier molecular flexibility index (Phi) is 2.63. The van der Waals surface area contributed by atoms with E-state index in [9.17, 15) is 9.90 Å². The smallest absolute Gasteiger partial charge is 0.337 e. The molecule has 2 unspecified atom stereocenters. The molecule has 3 rings (SSSR count). The summed E-state index contributed by atoms with van der Waals surface area (Å²) < 4.78 is 0. The van der Waals surface area contributed by atoms with Gasteiger partial charge in [0.2, 0.25) is 0 Å². The summed E-state index contributed by atoms with van der Waals surface area (Å²) in [5.74, 6) is -0.285. The Hall–Kier alpha value is -1.42. The van der Waals surface area contributed by atoms with Gasteiger partial charge in [-0.05, 0) is 37.3 Å². The number of nitrogens with zero attached hydrogens (tertiary/aromatic N) is 1. The van der Waals surface area contributed by atoms with E-state index in [0.717, 1.165) is 19.4 Å². The van der Waals surface area contributed by atoms with E-state index in [0.29, 0.717) is 28.4 Å². The number of hydrogen-bond acceptors (Lipinski definition) is 3. The second-order valence-electron chi connectivity index (χ2n) is 5.19. The first-order valence-corrected chi connectivity index (χ1v) is 6.53. The summed E-state index contributed by atoms with van der Waals surface area (Å²) in [7, 11) is 0. The van der Waals surface area contributed by atoms with Crippen molar-refractivity contribution in [1.29, 1.82) is 0 Å². The lowest BCUT2D eigenvalue weighted by Crippen LogP contribution is -2.33. The Morgan fingerprint density at radius 3 is 2.78 bits per heavy atom. The number of anilines is 2. The van der Waals surface area contributed by atoms with Gasteiger partial charge in [-0.1, -0.05) is 11.6 Å². The van der Waals surface area contributed by atoms with Gasteiger partial charge in [0.15, 0.2) is 0 Å². The van der Waals surface area contributed by atoms with Crippen LogP contribution in [-0.2, 0) is 0 Å². The second-order valence-corrected chi connectivity index (χ2v) is 5.60. The summed E-state index contributed by atoms with van der Waals surface area (Å²) in [6.07, 6.45) is 3.53. The van der Waals surface area contributed by atoms with Crippen LogP contribution in [0.1, 0.15) is 29.6 Å². The SMILES string of the molecule is Nc1cc(Cl)c(N2CC3CCC2C3)c(C(=O)O)c1. The molecule has 2 bridgehead atoms. The van der Waals surface area contributed by atoms with Crippen molar-refractivity contribution < 1.29 is 9.90 Å². The third kappa shape index (κ3) is 1.72. The van der Waals surface area contributed by atoms with E-state index < -0.39 is 5.97 Å². The van der Waals surface area contributed by atoms with Crippen molar-refractivity contribution in [3.63, 3.8) is 0 Å². The topological polar surface area (TPSA) is 66.6 Å². The molecule has 5 heteroatoms. The molecule has 1 saturated heterocycles. The average molecular weight is 267 g/mol. The summed E-state index contributed by atoms with van der Waals surface area (Å²) in [6, 6.07) is 3.57. The molecule has 96 valence electrons.